The van der Waals surface area contributed by atoms with Gasteiger partial charge in [-0.2, -0.15) is 0 Å². The molecule has 1 fully saturated rings. The lowest BCUT2D eigenvalue weighted by atomic mass is 10.1. The molecular weight excluding hydrogens is 130 g/mol. The predicted octanol–water partition coefficient (Wildman–Crippen LogP) is -1.58. The molecule has 58 valence electrons. The molecule has 4 heteroatoms. The molecule has 1 heterocycles. The van der Waals surface area contributed by atoms with Crippen molar-refractivity contribution < 1.29 is 4.79 Å². The number of carbonyl (C=O) groups excluding carboxylic acids is 1. The molecule has 4 N–H and O–H groups in total. The second-order valence-electron chi connectivity index (χ2n) is 2.65. The number of hydrogen-bond acceptors (Lipinski definition) is 3. The number of nitrogens with two attached hydrogens (primary N) is 1. The topological polar surface area (TPSA) is 67.2 Å². The van der Waals surface area contributed by atoms with Gasteiger partial charge in [0.25, 0.3) is 0 Å². The van der Waals surface area contributed by atoms with E-state index in [1.807, 2.05) is 0 Å². The summed E-state index contributed by atoms with van der Waals surface area (Å²) in [5.41, 5.74) is 5.04. The number of primary amides is 1. The van der Waals surface area contributed by atoms with E-state index in [-0.39, 0.29) is 11.9 Å². The van der Waals surface area contributed by atoms with Gasteiger partial charge in [0, 0.05) is 19.1 Å². The largest absolute Gasteiger partial charge is 0.368 e. The third kappa shape index (κ3) is 1.68. The van der Waals surface area contributed by atoms with E-state index >= 15 is 0 Å². The average Bonchev–Trinajstić information content (AvgIpc) is 1.77. The van der Waals surface area contributed by atoms with Crippen molar-refractivity contribution >= 4 is 5.91 Å². The van der Waals surface area contributed by atoms with Gasteiger partial charge in [-0.1, -0.05) is 0 Å². The highest BCUT2D eigenvalue weighted by Crippen LogP contribution is 1.92. The fraction of sp³-hybridized carbons (Fsp3) is 0.833. The van der Waals surface area contributed by atoms with Crippen molar-refractivity contribution in [3.8, 4) is 0 Å². The van der Waals surface area contributed by atoms with Gasteiger partial charge in [-0.05, 0) is 6.92 Å². The van der Waals surface area contributed by atoms with Crippen LogP contribution in [0.25, 0.3) is 0 Å². The zero-order valence-corrected chi connectivity index (χ0v) is 6.05. The van der Waals surface area contributed by atoms with Crippen molar-refractivity contribution in [2.24, 2.45) is 5.73 Å². The van der Waals surface area contributed by atoms with E-state index in [0.717, 1.165) is 13.1 Å². The maximum atomic E-state index is 10.5. The smallest absolute Gasteiger partial charge is 0.234 e. The maximum Gasteiger partial charge on any atom is 0.234 e. The monoisotopic (exact) mass is 143 g/mol. The first kappa shape index (κ1) is 7.50. The molecular formula is C6H13N3O. The van der Waals surface area contributed by atoms with Crippen LogP contribution in [-0.4, -0.2) is 31.1 Å². The van der Waals surface area contributed by atoms with Gasteiger partial charge >= 0.3 is 0 Å². The summed E-state index contributed by atoms with van der Waals surface area (Å²) >= 11 is 0. The standard InChI is InChI=1S/C6H13N3O/c1-4(6(7)10)9-5-2-8-3-5/h4-5,8-9H,2-3H2,1H3,(H2,7,10). The molecule has 1 saturated heterocycles. The number of hydrogen-bond donors (Lipinski definition) is 3. The minimum atomic E-state index is -0.285. The van der Waals surface area contributed by atoms with Gasteiger partial charge in [-0.15, -0.1) is 0 Å². The van der Waals surface area contributed by atoms with Crippen molar-refractivity contribution in [1.29, 1.82) is 0 Å². The highest BCUT2D eigenvalue weighted by atomic mass is 16.1. The van der Waals surface area contributed by atoms with Crippen LogP contribution in [0, 0.1) is 0 Å². The first-order valence-electron chi connectivity index (χ1n) is 3.46. The van der Waals surface area contributed by atoms with Crippen LogP contribution in [0.15, 0.2) is 0 Å². The van der Waals surface area contributed by atoms with Gasteiger partial charge in [0.2, 0.25) is 5.91 Å². The van der Waals surface area contributed by atoms with Gasteiger partial charge in [-0.25, -0.2) is 0 Å². The molecule has 10 heavy (non-hydrogen) atoms. The Morgan fingerprint density at radius 3 is 2.70 bits per heavy atom. The van der Waals surface area contributed by atoms with Crippen LogP contribution in [0.4, 0.5) is 0 Å². The van der Waals surface area contributed by atoms with Crippen molar-refractivity contribution in [1.82, 2.24) is 10.6 Å². The molecule has 0 aromatic heterocycles. The lowest BCUT2D eigenvalue weighted by Gasteiger charge is -2.30. The minimum Gasteiger partial charge on any atom is -0.368 e. The van der Waals surface area contributed by atoms with E-state index in [1.165, 1.54) is 0 Å². The Labute approximate surface area is 60.2 Å². The average molecular weight is 143 g/mol. The third-order valence-electron chi connectivity index (χ3n) is 1.69. The van der Waals surface area contributed by atoms with E-state index in [4.69, 9.17) is 5.73 Å². The molecule has 1 amide bonds. The van der Waals surface area contributed by atoms with Crippen LogP contribution in [0.3, 0.4) is 0 Å². The number of amides is 1. The molecule has 1 atom stereocenters. The van der Waals surface area contributed by atoms with Crippen molar-refractivity contribution in [2.75, 3.05) is 13.1 Å². The quantitative estimate of drug-likeness (QED) is 0.447. The normalized spacial score (nSPS) is 21.7. The van der Waals surface area contributed by atoms with Gasteiger partial charge in [0.1, 0.15) is 0 Å². The summed E-state index contributed by atoms with van der Waals surface area (Å²) in [6.45, 7) is 3.66. The van der Waals surface area contributed by atoms with Crippen molar-refractivity contribution in [2.45, 2.75) is 19.0 Å². The van der Waals surface area contributed by atoms with E-state index in [2.05, 4.69) is 10.6 Å². The Morgan fingerprint density at radius 1 is 1.80 bits per heavy atom. The van der Waals surface area contributed by atoms with Crippen LogP contribution >= 0.6 is 0 Å². The molecule has 1 unspecified atom stereocenters. The Balaban J connectivity index is 2.16. The van der Waals surface area contributed by atoms with E-state index in [9.17, 15) is 4.79 Å². The van der Waals surface area contributed by atoms with Gasteiger partial charge in [0.05, 0.1) is 6.04 Å². The van der Waals surface area contributed by atoms with Crippen LogP contribution in [0.5, 0.6) is 0 Å². The Morgan fingerprint density at radius 2 is 2.40 bits per heavy atom. The number of rotatable bonds is 3. The Kier molecular flexibility index (Phi) is 2.24. The zero-order chi connectivity index (χ0) is 7.56. The fourth-order valence-corrected chi connectivity index (χ4v) is 0.842. The van der Waals surface area contributed by atoms with E-state index in [0.29, 0.717) is 6.04 Å². The second kappa shape index (κ2) is 2.98. The molecule has 0 radical (unpaired) electrons. The molecule has 0 saturated carbocycles. The van der Waals surface area contributed by atoms with Gasteiger partial charge in [0.15, 0.2) is 0 Å². The first-order chi connectivity index (χ1) is 4.70. The lowest BCUT2D eigenvalue weighted by Crippen LogP contribution is -2.59. The molecule has 0 aromatic carbocycles. The van der Waals surface area contributed by atoms with Crippen molar-refractivity contribution in [3.63, 3.8) is 0 Å². The molecule has 0 aliphatic carbocycles. The highest BCUT2D eigenvalue weighted by Gasteiger charge is 2.20. The van der Waals surface area contributed by atoms with E-state index < -0.39 is 0 Å². The summed E-state index contributed by atoms with van der Waals surface area (Å²) in [5.74, 6) is -0.285. The van der Waals surface area contributed by atoms with Crippen LogP contribution in [-0.2, 0) is 4.79 Å². The molecule has 1 rings (SSSR count). The van der Waals surface area contributed by atoms with Crippen LogP contribution in [0.1, 0.15) is 6.92 Å². The summed E-state index contributed by atoms with van der Waals surface area (Å²) < 4.78 is 0. The summed E-state index contributed by atoms with van der Waals surface area (Å²) in [4.78, 5) is 10.5. The van der Waals surface area contributed by atoms with Crippen LogP contribution in [0.2, 0.25) is 0 Å². The molecule has 1 aliphatic rings. The fourth-order valence-electron chi connectivity index (χ4n) is 0.842. The molecule has 4 nitrogen and oxygen atoms in total. The lowest BCUT2D eigenvalue weighted by molar-refractivity contribution is -0.119. The molecule has 0 bridgehead atoms. The minimum absolute atomic E-state index is 0.202. The highest BCUT2D eigenvalue weighted by molar-refractivity contribution is 5.79. The summed E-state index contributed by atoms with van der Waals surface area (Å²) in [7, 11) is 0. The van der Waals surface area contributed by atoms with Crippen molar-refractivity contribution in [3.05, 3.63) is 0 Å². The zero-order valence-electron chi connectivity index (χ0n) is 6.05. The Hall–Kier alpha value is -0.610. The summed E-state index contributed by atoms with van der Waals surface area (Å²) in [6.07, 6.45) is 0. The Bertz CT molecular complexity index is 133. The van der Waals surface area contributed by atoms with Gasteiger partial charge in [-0.3, -0.25) is 4.79 Å². The molecule has 0 spiro atoms. The predicted molar refractivity (Wildman–Crippen MR) is 38.4 cm³/mol. The summed E-state index contributed by atoms with van der Waals surface area (Å²) in [5, 5.41) is 6.17. The molecule has 1 aliphatic heterocycles. The van der Waals surface area contributed by atoms with Crippen LogP contribution < -0.4 is 16.4 Å². The number of carbonyl (C=O) groups is 1. The maximum absolute atomic E-state index is 10.5. The molecule has 0 aromatic rings. The second-order valence-corrected chi connectivity index (χ2v) is 2.65. The summed E-state index contributed by atoms with van der Waals surface area (Å²) in [6, 6.07) is 0.231. The SMILES string of the molecule is CC(NC1CNC1)C(N)=O. The number of nitrogens with one attached hydrogen (secondary N) is 2. The van der Waals surface area contributed by atoms with Gasteiger partial charge < -0.3 is 16.4 Å². The van der Waals surface area contributed by atoms with E-state index in [1.54, 1.807) is 6.92 Å². The first-order valence-corrected chi connectivity index (χ1v) is 3.46. The third-order valence-corrected chi connectivity index (χ3v) is 1.69.